The van der Waals surface area contributed by atoms with Crippen LogP contribution in [0.2, 0.25) is 0 Å². The van der Waals surface area contributed by atoms with Gasteiger partial charge in [-0.15, -0.1) is 0 Å². The number of rotatable bonds is 3. The van der Waals surface area contributed by atoms with Crippen LogP contribution in [-0.4, -0.2) is 18.4 Å². The number of ketones is 1. The zero-order valence-corrected chi connectivity index (χ0v) is 4.88. The van der Waals surface area contributed by atoms with Gasteiger partial charge in [0, 0.05) is 0 Å². The van der Waals surface area contributed by atoms with Gasteiger partial charge in [-0.05, 0) is 13.8 Å². The van der Waals surface area contributed by atoms with Gasteiger partial charge in [0.05, 0.1) is 0 Å². The van der Waals surface area contributed by atoms with E-state index in [9.17, 15) is 9.59 Å². The number of Topliss-reactive ketones (excluding diaryl/α,β-unsaturated/α-hetero) is 1. The second-order valence-electron chi connectivity index (χ2n) is 1.49. The van der Waals surface area contributed by atoms with Crippen LogP contribution in [0.15, 0.2) is 0 Å². The molecule has 3 heteroatoms. The highest BCUT2D eigenvalue weighted by Gasteiger charge is 2.04. The smallest absolute Gasteiger partial charge is 0.293 e. The van der Waals surface area contributed by atoms with Crippen molar-refractivity contribution < 1.29 is 14.3 Å². The van der Waals surface area contributed by atoms with Gasteiger partial charge in [-0.1, -0.05) is 0 Å². The average molecular weight is 116 g/mol. The van der Waals surface area contributed by atoms with Crippen LogP contribution >= 0.6 is 0 Å². The van der Waals surface area contributed by atoms with Crippen molar-refractivity contribution >= 4 is 12.3 Å². The van der Waals surface area contributed by atoms with E-state index in [2.05, 4.69) is 4.74 Å². The summed E-state index contributed by atoms with van der Waals surface area (Å²) >= 11 is 0. The highest BCUT2D eigenvalue weighted by molar-refractivity contribution is 5.80. The molecule has 0 saturated carbocycles. The summed E-state index contributed by atoms with van der Waals surface area (Å²) in [6.45, 7) is 3.16. The van der Waals surface area contributed by atoms with Gasteiger partial charge in [-0.3, -0.25) is 9.59 Å². The van der Waals surface area contributed by atoms with Crippen molar-refractivity contribution in [3.05, 3.63) is 0 Å². The molecule has 0 saturated heterocycles. The standard InChI is InChI=1S/C5H8O3/c1-4(7)5(2)8-3-6/h3,5H,1-2H3. The lowest BCUT2D eigenvalue weighted by Crippen LogP contribution is -2.16. The molecule has 0 aliphatic heterocycles. The Morgan fingerprint density at radius 3 is 2.38 bits per heavy atom. The molecule has 0 N–H and O–H groups in total. The van der Waals surface area contributed by atoms with Crippen LogP contribution in [0.4, 0.5) is 0 Å². The number of hydrogen-bond acceptors (Lipinski definition) is 3. The van der Waals surface area contributed by atoms with Gasteiger partial charge in [-0.25, -0.2) is 0 Å². The summed E-state index contributed by atoms with van der Waals surface area (Å²) < 4.78 is 4.27. The average Bonchev–Trinajstić information content (AvgIpc) is 1.67. The molecule has 0 aromatic rings. The van der Waals surface area contributed by atoms with Gasteiger partial charge in [-0.2, -0.15) is 0 Å². The monoisotopic (exact) mass is 116 g/mol. The number of carbonyl (C=O) groups is 2. The summed E-state index contributed by atoms with van der Waals surface area (Å²) in [5.74, 6) is -0.142. The van der Waals surface area contributed by atoms with Crippen molar-refractivity contribution in [3.8, 4) is 0 Å². The Hall–Kier alpha value is -0.860. The molecule has 0 aromatic carbocycles. The van der Waals surface area contributed by atoms with Crippen LogP contribution in [0, 0.1) is 0 Å². The van der Waals surface area contributed by atoms with Gasteiger partial charge in [0.1, 0.15) is 0 Å². The van der Waals surface area contributed by atoms with Crippen molar-refractivity contribution in [2.75, 3.05) is 0 Å². The predicted octanol–water partition coefficient (Wildman–Crippen LogP) is 0.137. The topological polar surface area (TPSA) is 43.4 Å². The van der Waals surface area contributed by atoms with Gasteiger partial charge < -0.3 is 4.74 Å². The minimum atomic E-state index is -0.590. The molecule has 8 heavy (non-hydrogen) atoms. The Labute approximate surface area is 47.6 Å². The van der Waals surface area contributed by atoms with E-state index in [-0.39, 0.29) is 12.3 Å². The number of hydrogen-bond donors (Lipinski definition) is 0. The first-order chi connectivity index (χ1) is 3.68. The molecule has 0 aromatic heterocycles. The van der Waals surface area contributed by atoms with Gasteiger partial charge in [0.25, 0.3) is 6.47 Å². The molecule has 0 heterocycles. The van der Waals surface area contributed by atoms with E-state index in [0.717, 1.165) is 0 Å². The van der Waals surface area contributed by atoms with E-state index in [1.165, 1.54) is 13.8 Å². The molecule has 1 unspecified atom stereocenters. The number of ether oxygens (including phenoxy) is 1. The second kappa shape index (κ2) is 3.18. The van der Waals surface area contributed by atoms with E-state index in [1.807, 2.05) is 0 Å². The fourth-order valence-corrected chi connectivity index (χ4v) is 0.179. The van der Waals surface area contributed by atoms with Crippen LogP contribution in [0.3, 0.4) is 0 Å². The van der Waals surface area contributed by atoms with Gasteiger partial charge >= 0.3 is 0 Å². The first-order valence-corrected chi connectivity index (χ1v) is 2.28. The minimum Gasteiger partial charge on any atom is -0.457 e. The quantitative estimate of drug-likeness (QED) is 0.492. The Morgan fingerprint density at radius 2 is 2.25 bits per heavy atom. The van der Waals surface area contributed by atoms with Crippen LogP contribution in [-0.2, 0) is 14.3 Å². The lowest BCUT2D eigenvalue weighted by molar-refractivity contribution is -0.141. The molecule has 0 radical (unpaired) electrons. The zero-order chi connectivity index (χ0) is 6.57. The molecule has 46 valence electrons. The van der Waals surface area contributed by atoms with Crippen molar-refractivity contribution in [2.24, 2.45) is 0 Å². The summed E-state index contributed by atoms with van der Waals surface area (Å²) in [5.41, 5.74) is 0. The molecular formula is C5H8O3. The number of carbonyl (C=O) groups excluding carboxylic acids is 2. The van der Waals surface area contributed by atoms with Crippen molar-refractivity contribution in [3.63, 3.8) is 0 Å². The Kier molecular flexibility index (Phi) is 2.84. The lowest BCUT2D eigenvalue weighted by atomic mass is 10.3. The van der Waals surface area contributed by atoms with E-state index >= 15 is 0 Å². The first kappa shape index (κ1) is 7.14. The van der Waals surface area contributed by atoms with Crippen LogP contribution in [0.5, 0.6) is 0 Å². The maximum Gasteiger partial charge on any atom is 0.293 e. The molecule has 0 fully saturated rings. The van der Waals surface area contributed by atoms with Crippen molar-refractivity contribution in [2.45, 2.75) is 20.0 Å². The van der Waals surface area contributed by atoms with E-state index in [4.69, 9.17) is 0 Å². The molecule has 0 aliphatic carbocycles. The van der Waals surface area contributed by atoms with Gasteiger partial charge in [0.2, 0.25) is 0 Å². The fraction of sp³-hybridized carbons (Fsp3) is 0.600. The van der Waals surface area contributed by atoms with E-state index in [1.54, 1.807) is 0 Å². The summed E-state index contributed by atoms with van der Waals surface area (Å²) in [6.07, 6.45) is -0.590. The molecule has 0 rings (SSSR count). The minimum absolute atomic E-state index is 0.142. The third-order valence-corrected chi connectivity index (χ3v) is 0.832. The predicted molar refractivity (Wildman–Crippen MR) is 27.3 cm³/mol. The first-order valence-electron chi connectivity index (χ1n) is 2.28. The van der Waals surface area contributed by atoms with Crippen LogP contribution in [0.1, 0.15) is 13.8 Å². The summed E-state index contributed by atoms with van der Waals surface area (Å²) in [4.78, 5) is 19.8. The molecule has 0 bridgehead atoms. The van der Waals surface area contributed by atoms with E-state index in [0.29, 0.717) is 0 Å². The third kappa shape index (κ3) is 2.34. The molecule has 0 amide bonds. The molecule has 3 nitrogen and oxygen atoms in total. The summed E-state index contributed by atoms with van der Waals surface area (Å²) in [5, 5.41) is 0. The molecular weight excluding hydrogens is 108 g/mol. The lowest BCUT2D eigenvalue weighted by Gasteiger charge is -2.01. The Morgan fingerprint density at radius 1 is 1.75 bits per heavy atom. The zero-order valence-electron chi connectivity index (χ0n) is 4.88. The Bertz CT molecular complexity index is 97.8. The largest absolute Gasteiger partial charge is 0.457 e. The van der Waals surface area contributed by atoms with Crippen LogP contribution in [0.25, 0.3) is 0 Å². The Balaban J connectivity index is 3.46. The van der Waals surface area contributed by atoms with Crippen molar-refractivity contribution in [1.29, 1.82) is 0 Å². The fourth-order valence-electron chi connectivity index (χ4n) is 0.179. The highest BCUT2D eigenvalue weighted by atomic mass is 16.5. The van der Waals surface area contributed by atoms with Crippen molar-refractivity contribution in [1.82, 2.24) is 0 Å². The second-order valence-corrected chi connectivity index (χ2v) is 1.49. The summed E-state index contributed by atoms with van der Waals surface area (Å²) in [7, 11) is 0. The maximum absolute atomic E-state index is 10.2. The SMILES string of the molecule is CC(=O)C(C)OC=O. The normalized spacial score (nSPS) is 12.2. The highest BCUT2D eigenvalue weighted by Crippen LogP contribution is 1.86. The summed E-state index contributed by atoms with van der Waals surface area (Å²) in [6, 6.07) is 0. The van der Waals surface area contributed by atoms with E-state index < -0.39 is 6.10 Å². The van der Waals surface area contributed by atoms with Crippen LogP contribution < -0.4 is 0 Å². The molecule has 0 aliphatic rings. The molecule has 0 spiro atoms. The molecule has 1 atom stereocenters. The maximum atomic E-state index is 10.2. The van der Waals surface area contributed by atoms with Gasteiger partial charge in [0.15, 0.2) is 11.9 Å². The third-order valence-electron chi connectivity index (χ3n) is 0.832.